The number of hydrogen-bond donors (Lipinski definition) is 0. The number of rotatable bonds is 7. The summed E-state index contributed by atoms with van der Waals surface area (Å²) in [6, 6.07) is 5.67. The summed E-state index contributed by atoms with van der Waals surface area (Å²) >= 11 is 6.63. The van der Waals surface area contributed by atoms with Crippen molar-refractivity contribution in [1.82, 2.24) is 4.90 Å². The number of nitrogens with zero attached hydrogens (tertiary/aromatic N) is 1. The van der Waals surface area contributed by atoms with E-state index in [1.54, 1.807) is 4.90 Å². The maximum Gasteiger partial charge on any atom is 0.266 e. The molecule has 1 aromatic carbocycles. The average Bonchev–Trinajstić information content (AvgIpc) is 2.78. The molecule has 1 fully saturated rings. The molecule has 0 radical (unpaired) electrons. The Bertz CT molecular complexity index is 628. The van der Waals surface area contributed by atoms with Crippen molar-refractivity contribution in [2.75, 3.05) is 19.8 Å². The minimum atomic E-state index is -0.0197. The third-order valence-electron chi connectivity index (χ3n) is 3.19. The number of benzene rings is 1. The lowest BCUT2D eigenvalue weighted by Gasteiger charge is -2.12. The highest BCUT2D eigenvalue weighted by molar-refractivity contribution is 8.26. The summed E-state index contributed by atoms with van der Waals surface area (Å²) < 4.78 is 11.8. The van der Waals surface area contributed by atoms with E-state index in [1.807, 2.05) is 45.0 Å². The molecule has 1 aromatic rings. The van der Waals surface area contributed by atoms with Crippen LogP contribution in [-0.4, -0.2) is 34.9 Å². The maximum absolute atomic E-state index is 12.4. The Morgan fingerprint density at radius 3 is 2.52 bits per heavy atom. The molecule has 124 valence electrons. The van der Waals surface area contributed by atoms with Crippen molar-refractivity contribution >= 4 is 40.3 Å². The van der Waals surface area contributed by atoms with Crippen LogP contribution in [0.15, 0.2) is 23.1 Å². The first-order chi connectivity index (χ1) is 11.1. The van der Waals surface area contributed by atoms with Crippen LogP contribution in [0.25, 0.3) is 6.08 Å². The number of amides is 1. The van der Waals surface area contributed by atoms with E-state index in [1.165, 1.54) is 11.8 Å². The van der Waals surface area contributed by atoms with Crippen LogP contribution in [0.4, 0.5) is 0 Å². The predicted molar refractivity (Wildman–Crippen MR) is 99.0 cm³/mol. The Balaban J connectivity index is 2.27. The molecule has 0 aliphatic carbocycles. The van der Waals surface area contributed by atoms with E-state index in [-0.39, 0.29) is 5.91 Å². The van der Waals surface area contributed by atoms with E-state index in [9.17, 15) is 4.79 Å². The summed E-state index contributed by atoms with van der Waals surface area (Å²) in [5.41, 5.74) is 0.897. The van der Waals surface area contributed by atoms with Gasteiger partial charge in [-0.2, -0.15) is 0 Å². The molecule has 23 heavy (non-hydrogen) atoms. The number of thiocarbonyl (C=S) groups is 1. The van der Waals surface area contributed by atoms with Crippen LogP contribution < -0.4 is 9.47 Å². The first kappa shape index (κ1) is 17.8. The van der Waals surface area contributed by atoms with Gasteiger partial charge in [0.2, 0.25) is 0 Å². The van der Waals surface area contributed by atoms with Gasteiger partial charge in [-0.3, -0.25) is 9.69 Å². The topological polar surface area (TPSA) is 38.8 Å². The lowest BCUT2D eigenvalue weighted by Crippen LogP contribution is -2.28. The van der Waals surface area contributed by atoms with Gasteiger partial charge in [-0.1, -0.05) is 37.0 Å². The van der Waals surface area contributed by atoms with Crippen LogP contribution in [0.1, 0.15) is 32.8 Å². The average molecular weight is 351 g/mol. The zero-order chi connectivity index (χ0) is 16.8. The molecule has 0 aromatic heterocycles. The summed E-state index contributed by atoms with van der Waals surface area (Å²) in [6.45, 7) is 7.69. The van der Waals surface area contributed by atoms with E-state index in [0.29, 0.717) is 40.5 Å². The van der Waals surface area contributed by atoms with Crippen LogP contribution in [0.3, 0.4) is 0 Å². The highest BCUT2D eigenvalue weighted by Gasteiger charge is 2.31. The lowest BCUT2D eigenvalue weighted by atomic mass is 10.2. The van der Waals surface area contributed by atoms with Crippen LogP contribution in [0.2, 0.25) is 0 Å². The molecule has 2 rings (SSSR count). The van der Waals surface area contributed by atoms with Crippen molar-refractivity contribution in [3.8, 4) is 11.5 Å². The SMILES string of the molecule is CCCN1C(=O)/C(=C/c2ccc(OCC)c(OCC)c2)SC1=S. The van der Waals surface area contributed by atoms with Crippen LogP contribution in [0.5, 0.6) is 11.5 Å². The predicted octanol–water partition coefficient (Wildman–Crippen LogP) is 4.10. The van der Waals surface area contributed by atoms with Gasteiger partial charge in [0.15, 0.2) is 11.5 Å². The minimum Gasteiger partial charge on any atom is -0.490 e. The fourth-order valence-corrected chi connectivity index (χ4v) is 3.53. The van der Waals surface area contributed by atoms with Crippen LogP contribution in [-0.2, 0) is 4.79 Å². The van der Waals surface area contributed by atoms with Crippen LogP contribution in [0, 0.1) is 0 Å². The molecule has 0 spiro atoms. The standard InChI is InChI=1S/C17H21NO3S2/c1-4-9-18-16(19)15(23-17(18)22)11-12-7-8-13(20-5-2)14(10-12)21-6-3/h7-8,10-11H,4-6,9H2,1-3H3/b15-11-. The molecule has 1 heterocycles. The highest BCUT2D eigenvalue weighted by Crippen LogP contribution is 2.34. The quantitative estimate of drug-likeness (QED) is 0.546. The van der Waals surface area contributed by atoms with E-state index < -0.39 is 0 Å². The number of carbonyl (C=O) groups is 1. The van der Waals surface area contributed by atoms with E-state index in [2.05, 4.69) is 0 Å². The molecule has 0 bridgehead atoms. The molecule has 0 unspecified atom stereocenters. The third kappa shape index (κ3) is 4.26. The lowest BCUT2D eigenvalue weighted by molar-refractivity contribution is -0.122. The fraction of sp³-hybridized carbons (Fsp3) is 0.412. The van der Waals surface area contributed by atoms with Crippen molar-refractivity contribution in [3.63, 3.8) is 0 Å². The molecule has 1 saturated heterocycles. The molecule has 1 amide bonds. The molecule has 1 aliphatic heterocycles. The zero-order valence-corrected chi connectivity index (χ0v) is 15.3. The van der Waals surface area contributed by atoms with Gasteiger partial charge in [0.05, 0.1) is 18.1 Å². The number of hydrogen-bond acceptors (Lipinski definition) is 5. The second-order valence-corrected chi connectivity index (χ2v) is 6.58. The molecule has 0 saturated carbocycles. The molecule has 1 aliphatic rings. The van der Waals surface area contributed by atoms with Crippen LogP contribution >= 0.6 is 24.0 Å². The first-order valence-corrected chi connectivity index (χ1v) is 8.98. The molecule has 0 N–H and O–H groups in total. The van der Waals surface area contributed by atoms with E-state index in [0.717, 1.165) is 12.0 Å². The summed E-state index contributed by atoms with van der Waals surface area (Å²) in [5, 5.41) is 0. The zero-order valence-electron chi connectivity index (χ0n) is 13.6. The highest BCUT2D eigenvalue weighted by atomic mass is 32.2. The second kappa shape index (κ2) is 8.36. The molecular formula is C17H21NO3S2. The monoisotopic (exact) mass is 351 g/mol. The van der Waals surface area contributed by atoms with Crippen molar-refractivity contribution < 1.29 is 14.3 Å². The summed E-state index contributed by atoms with van der Waals surface area (Å²) in [7, 11) is 0. The third-order valence-corrected chi connectivity index (χ3v) is 4.56. The van der Waals surface area contributed by atoms with Gasteiger partial charge in [-0.25, -0.2) is 0 Å². The van der Waals surface area contributed by atoms with Gasteiger partial charge < -0.3 is 9.47 Å². The second-order valence-electron chi connectivity index (χ2n) is 4.91. The number of carbonyl (C=O) groups excluding carboxylic acids is 1. The Labute approximate surface area is 146 Å². The first-order valence-electron chi connectivity index (χ1n) is 7.75. The summed E-state index contributed by atoms with van der Waals surface area (Å²) in [4.78, 5) is 14.7. The Morgan fingerprint density at radius 1 is 1.17 bits per heavy atom. The number of ether oxygens (including phenoxy) is 2. The Hall–Kier alpha value is -1.53. The van der Waals surface area contributed by atoms with Gasteiger partial charge in [0.25, 0.3) is 5.91 Å². The summed E-state index contributed by atoms with van der Waals surface area (Å²) in [5.74, 6) is 1.38. The fourth-order valence-electron chi connectivity index (χ4n) is 2.23. The molecular weight excluding hydrogens is 330 g/mol. The van der Waals surface area contributed by atoms with Crippen molar-refractivity contribution in [1.29, 1.82) is 0 Å². The minimum absolute atomic E-state index is 0.0197. The molecule has 4 nitrogen and oxygen atoms in total. The molecule has 0 atom stereocenters. The van der Waals surface area contributed by atoms with Crippen molar-refractivity contribution in [2.45, 2.75) is 27.2 Å². The Kier molecular flexibility index (Phi) is 6.47. The largest absolute Gasteiger partial charge is 0.490 e. The smallest absolute Gasteiger partial charge is 0.266 e. The maximum atomic E-state index is 12.4. The van der Waals surface area contributed by atoms with Gasteiger partial charge in [0, 0.05) is 6.54 Å². The summed E-state index contributed by atoms with van der Waals surface area (Å²) in [6.07, 6.45) is 2.74. The van der Waals surface area contributed by atoms with E-state index in [4.69, 9.17) is 21.7 Å². The van der Waals surface area contributed by atoms with Gasteiger partial charge >= 0.3 is 0 Å². The van der Waals surface area contributed by atoms with Crippen molar-refractivity contribution in [2.24, 2.45) is 0 Å². The van der Waals surface area contributed by atoms with E-state index >= 15 is 0 Å². The van der Waals surface area contributed by atoms with Gasteiger partial charge in [0.1, 0.15) is 4.32 Å². The van der Waals surface area contributed by atoms with Gasteiger partial charge in [-0.05, 0) is 44.0 Å². The van der Waals surface area contributed by atoms with Gasteiger partial charge in [-0.15, -0.1) is 0 Å². The number of thioether (sulfide) groups is 1. The molecule has 6 heteroatoms. The Morgan fingerprint density at radius 2 is 1.87 bits per heavy atom. The van der Waals surface area contributed by atoms with Crippen molar-refractivity contribution in [3.05, 3.63) is 28.7 Å². The normalized spacial score (nSPS) is 16.3.